The van der Waals surface area contributed by atoms with Crippen LogP contribution in [0, 0.1) is 17.8 Å². The van der Waals surface area contributed by atoms with E-state index in [-0.39, 0.29) is 0 Å². The van der Waals surface area contributed by atoms with Gasteiger partial charge in [-0.25, -0.2) is 0 Å². The van der Waals surface area contributed by atoms with Crippen molar-refractivity contribution >= 4 is 5.78 Å². The summed E-state index contributed by atoms with van der Waals surface area (Å²) in [5, 5.41) is 0. The Bertz CT molecular complexity index is 436. The van der Waals surface area contributed by atoms with Gasteiger partial charge in [0.2, 0.25) is 0 Å². The van der Waals surface area contributed by atoms with E-state index in [0.29, 0.717) is 11.7 Å². The van der Waals surface area contributed by atoms with Crippen molar-refractivity contribution in [1.82, 2.24) is 0 Å². The highest BCUT2D eigenvalue weighted by Crippen LogP contribution is 2.41. The second kappa shape index (κ2) is 6.56. The summed E-state index contributed by atoms with van der Waals surface area (Å²) in [6, 6.07) is 9.87. The fourth-order valence-electron chi connectivity index (χ4n) is 4.27. The Morgan fingerprint density at radius 2 is 1.65 bits per heavy atom. The molecule has 2 aliphatic rings. The summed E-state index contributed by atoms with van der Waals surface area (Å²) in [6.07, 6.45) is 11.8. The van der Waals surface area contributed by atoms with Gasteiger partial charge >= 0.3 is 0 Å². The van der Waals surface area contributed by atoms with Crippen LogP contribution in [0.3, 0.4) is 0 Å². The lowest BCUT2D eigenvalue weighted by Crippen LogP contribution is -2.18. The van der Waals surface area contributed by atoms with Gasteiger partial charge in [0, 0.05) is 12.0 Å². The molecule has 0 saturated heterocycles. The van der Waals surface area contributed by atoms with Crippen LogP contribution in [-0.4, -0.2) is 5.78 Å². The minimum Gasteiger partial charge on any atom is -0.294 e. The number of fused-ring (bicyclic) bond motifs is 3. The van der Waals surface area contributed by atoms with Gasteiger partial charge in [0.05, 0.1) is 0 Å². The molecule has 1 nitrogen and oxygen atoms in total. The summed E-state index contributed by atoms with van der Waals surface area (Å²) >= 11 is 0. The molecule has 1 heteroatoms. The quantitative estimate of drug-likeness (QED) is 0.685. The maximum atomic E-state index is 12.5. The van der Waals surface area contributed by atoms with Crippen LogP contribution < -0.4 is 0 Å². The molecule has 2 aliphatic carbocycles. The number of Topliss-reactive ketones (excluding diaryl/α,β-unsaturated/α-hetero) is 1. The lowest BCUT2D eigenvalue weighted by Gasteiger charge is -2.25. The molecule has 1 aromatic rings. The normalized spacial score (nSPS) is 30.3. The van der Waals surface area contributed by atoms with Crippen LogP contribution in [0.2, 0.25) is 0 Å². The molecular weight excluding hydrogens is 244 g/mol. The highest BCUT2D eigenvalue weighted by Gasteiger charge is 2.30. The average Bonchev–Trinajstić information content (AvgIpc) is 2.58. The first-order valence-corrected chi connectivity index (χ1v) is 8.41. The van der Waals surface area contributed by atoms with Crippen LogP contribution in [0.5, 0.6) is 0 Å². The van der Waals surface area contributed by atoms with Crippen molar-refractivity contribution in [2.45, 2.75) is 57.8 Å². The first kappa shape index (κ1) is 13.9. The molecular formula is C19H26O. The lowest BCUT2D eigenvalue weighted by molar-refractivity contribution is 0.0936. The lowest BCUT2D eigenvalue weighted by atomic mass is 9.80. The number of rotatable bonds is 3. The van der Waals surface area contributed by atoms with E-state index in [1.807, 2.05) is 30.3 Å². The molecule has 0 radical (unpaired) electrons. The monoisotopic (exact) mass is 270 g/mol. The van der Waals surface area contributed by atoms with E-state index in [9.17, 15) is 4.79 Å². The first-order chi connectivity index (χ1) is 9.83. The van der Waals surface area contributed by atoms with Gasteiger partial charge in [-0.15, -0.1) is 0 Å². The number of ketones is 1. The third kappa shape index (κ3) is 3.31. The molecule has 0 amide bonds. The molecule has 20 heavy (non-hydrogen) atoms. The standard InChI is InChI=1S/C19H26O/c20-19(17-8-2-1-3-9-17)14-18-13-11-15-6-4-5-7-16(18)12-10-15/h1-3,8-9,15-16,18H,4-7,10-14H2. The highest BCUT2D eigenvalue weighted by molar-refractivity contribution is 5.96. The van der Waals surface area contributed by atoms with Crippen LogP contribution in [0.25, 0.3) is 0 Å². The fraction of sp³-hybridized carbons (Fsp3) is 0.632. The van der Waals surface area contributed by atoms with E-state index in [1.54, 1.807) is 0 Å². The molecule has 0 aromatic heterocycles. The van der Waals surface area contributed by atoms with Crippen molar-refractivity contribution in [2.24, 2.45) is 17.8 Å². The molecule has 0 N–H and O–H groups in total. The Labute approximate surface area is 122 Å². The van der Waals surface area contributed by atoms with Crippen LogP contribution in [0.4, 0.5) is 0 Å². The maximum Gasteiger partial charge on any atom is 0.163 e. The van der Waals surface area contributed by atoms with Gasteiger partial charge in [-0.1, -0.05) is 68.9 Å². The van der Waals surface area contributed by atoms with E-state index in [4.69, 9.17) is 0 Å². The molecule has 2 fully saturated rings. The predicted octanol–water partition coefficient (Wildman–Crippen LogP) is 5.26. The van der Waals surface area contributed by atoms with Crippen molar-refractivity contribution in [3.05, 3.63) is 35.9 Å². The summed E-state index contributed by atoms with van der Waals surface area (Å²) in [4.78, 5) is 12.5. The van der Waals surface area contributed by atoms with Crippen molar-refractivity contribution < 1.29 is 4.79 Å². The Balaban J connectivity index is 1.68. The summed E-state index contributed by atoms with van der Waals surface area (Å²) in [5.41, 5.74) is 0.905. The van der Waals surface area contributed by atoms with Gasteiger partial charge in [0.1, 0.15) is 0 Å². The molecule has 0 spiro atoms. The molecule has 2 bridgehead atoms. The Kier molecular flexibility index (Phi) is 4.54. The molecule has 2 saturated carbocycles. The number of carbonyl (C=O) groups excluding carboxylic acids is 1. The largest absolute Gasteiger partial charge is 0.294 e. The SMILES string of the molecule is O=C(CC1CCC2CCCCC1CC2)c1ccccc1. The molecule has 1 aromatic carbocycles. The van der Waals surface area contributed by atoms with Crippen LogP contribution in [0.15, 0.2) is 30.3 Å². The summed E-state index contributed by atoms with van der Waals surface area (Å²) < 4.78 is 0. The maximum absolute atomic E-state index is 12.5. The Hall–Kier alpha value is -1.11. The third-order valence-corrected chi connectivity index (χ3v) is 5.54. The highest BCUT2D eigenvalue weighted by atomic mass is 16.1. The zero-order valence-electron chi connectivity index (χ0n) is 12.4. The smallest absolute Gasteiger partial charge is 0.163 e. The van der Waals surface area contributed by atoms with E-state index in [2.05, 4.69) is 0 Å². The Morgan fingerprint density at radius 3 is 2.50 bits per heavy atom. The van der Waals surface area contributed by atoms with E-state index in [0.717, 1.165) is 23.8 Å². The zero-order valence-corrected chi connectivity index (χ0v) is 12.4. The topological polar surface area (TPSA) is 17.1 Å². The van der Waals surface area contributed by atoms with Crippen LogP contribution in [-0.2, 0) is 0 Å². The van der Waals surface area contributed by atoms with Gasteiger partial charge in [-0.2, -0.15) is 0 Å². The molecule has 108 valence electrons. The van der Waals surface area contributed by atoms with Gasteiger partial charge in [0.15, 0.2) is 5.78 Å². The Morgan fingerprint density at radius 1 is 0.900 bits per heavy atom. The van der Waals surface area contributed by atoms with Crippen LogP contribution in [0.1, 0.15) is 68.1 Å². The molecule has 3 rings (SSSR count). The summed E-state index contributed by atoms with van der Waals surface area (Å²) in [6.45, 7) is 0. The molecule has 0 heterocycles. The van der Waals surface area contributed by atoms with Crippen molar-refractivity contribution in [1.29, 1.82) is 0 Å². The number of benzene rings is 1. The second-order valence-corrected chi connectivity index (χ2v) is 6.82. The zero-order chi connectivity index (χ0) is 13.8. The van der Waals surface area contributed by atoms with Crippen molar-refractivity contribution in [3.8, 4) is 0 Å². The third-order valence-electron chi connectivity index (χ3n) is 5.54. The molecule has 3 unspecified atom stereocenters. The number of hydrogen-bond acceptors (Lipinski definition) is 1. The molecule has 3 atom stereocenters. The number of carbonyl (C=O) groups is 1. The van der Waals surface area contributed by atoms with Gasteiger partial charge in [0.25, 0.3) is 0 Å². The van der Waals surface area contributed by atoms with Crippen molar-refractivity contribution in [2.75, 3.05) is 0 Å². The molecule has 0 aliphatic heterocycles. The van der Waals surface area contributed by atoms with E-state index < -0.39 is 0 Å². The second-order valence-electron chi connectivity index (χ2n) is 6.82. The predicted molar refractivity (Wildman–Crippen MR) is 82.8 cm³/mol. The van der Waals surface area contributed by atoms with Crippen molar-refractivity contribution in [3.63, 3.8) is 0 Å². The summed E-state index contributed by atoms with van der Waals surface area (Å²) in [5.74, 6) is 2.77. The summed E-state index contributed by atoms with van der Waals surface area (Å²) in [7, 11) is 0. The van der Waals surface area contributed by atoms with Gasteiger partial charge in [-0.05, 0) is 30.6 Å². The average molecular weight is 270 g/mol. The van der Waals surface area contributed by atoms with E-state index in [1.165, 1.54) is 51.4 Å². The van der Waals surface area contributed by atoms with Gasteiger partial charge in [-0.3, -0.25) is 4.79 Å². The first-order valence-electron chi connectivity index (χ1n) is 8.41. The van der Waals surface area contributed by atoms with E-state index >= 15 is 0 Å². The van der Waals surface area contributed by atoms with Crippen LogP contribution >= 0.6 is 0 Å². The number of hydrogen-bond donors (Lipinski definition) is 0. The fourth-order valence-corrected chi connectivity index (χ4v) is 4.27. The van der Waals surface area contributed by atoms with Gasteiger partial charge < -0.3 is 0 Å². The minimum absolute atomic E-state index is 0.360. The minimum atomic E-state index is 0.360.